The molecule has 36 heavy (non-hydrogen) atoms. The molecule has 1 saturated carbocycles. The first kappa shape index (κ1) is 26.8. The normalized spacial score (nSPS) is 23.8. The molecule has 1 N–H and O–H groups in total. The maximum Gasteiger partial charge on any atom is 0.260 e. The van der Waals surface area contributed by atoms with Crippen LogP contribution in [-0.4, -0.2) is 73.6 Å². The van der Waals surface area contributed by atoms with E-state index in [0.717, 1.165) is 50.3 Å². The first-order chi connectivity index (χ1) is 17.5. The van der Waals surface area contributed by atoms with Crippen LogP contribution in [0.25, 0.3) is 0 Å². The number of piperidine rings is 2. The third-order valence-electron chi connectivity index (χ3n) is 8.33. The molecule has 0 aromatic heterocycles. The highest BCUT2D eigenvalue weighted by atomic mass is 16.5. The number of nitrogens with zero attached hydrogens (tertiary/aromatic N) is 2. The van der Waals surface area contributed by atoms with Crippen LogP contribution in [0.4, 0.5) is 0 Å². The zero-order valence-electron chi connectivity index (χ0n) is 22.3. The van der Waals surface area contributed by atoms with E-state index in [0.29, 0.717) is 36.4 Å². The minimum atomic E-state index is 0.0203. The SMILES string of the molecule is COc1cc(CCC(=O)N[C@H]2CC[C@H](C)CC2)ccc1OCC(=O)N1CCC(N2CCCCC2)CC1. The summed E-state index contributed by atoms with van der Waals surface area (Å²) >= 11 is 0. The molecule has 0 atom stereocenters. The van der Waals surface area contributed by atoms with E-state index in [1.165, 1.54) is 45.2 Å². The molecule has 0 bridgehead atoms. The van der Waals surface area contributed by atoms with Crippen molar-refractivity contribution < 1.29 is 19.1 Å². The summed E-state index contributed by atoms with van der Waals surface area (Å²) in [5.41, 5.74) is 1.03. The Balaban J connectivity index is 1.19. The topological polar surface area (TPSA) is 71.1 Å². The standard InChI is InChI=1S/C29H45N3O4/c1-22-6-10-24(11-7-22)30-28(33)13-9-23-8-12-26(27(20-23)35-2)36-21-29(34)32-18-14-25(15-19-32)31-16-4-3-5-17-31/h8,12,20,22,24-25H,3-7,9-11,13-19,21H2,1-2H3,(H,30,33)/t22-,24-. The lowest BCUT2D eigenvalue weighted by Gasteiger charge is -2.40. The van der Waals surface area contributed by atoms with Gasteiger partial charge in [0.1, 0.15) is 0 Å². The largest absolute Gasteiger partial charge is 0.493 e. The minimum absolute atomic E-state index is 0.0203. The van der Waals surface area contributed by atoms with Crippen molar-refractivity contribution in [1.29, 1.82) is 0 Å². The number of carbonyl (C=O) groups excluding carboxylic acids is 2. The number of carbonyl (C=O) groups is 2. The molecule has 3 aliphatic rings. The Morgan fingerprint density at radius 2 is 1.67 bits per heavy atom. The summed E-state index contributed by atoms with van der Waals surface area (Å²) in [6.45, 7) is 6.34. The van der Waals surface area contributed by atoms with E-state index in [4.69, 9.17) is 9.47 Å². The molecular weight excluding hydrogens is 454 g/mol. The van der Waals surface area contributed by atoms with Crippen molar-refractivity contribution in [3.63, 3.8) is 0 Å². The molecule has 2 saturated heterocycles. The molecule has 0 spiro atoms. The molecule has 2 heterocycles. The van der Waals surface area contributed by atoms with Crippen molar-refractivity contribution in [2.24, 2.45) is 5.92 Å². The van der Waals surface area contributed by atoms with E-state index >= 15 is 0 Å². The van der Waals surface area contributed by atoms with Crippen LogP contribution >= 0.6 is 0 Å². The molecule has 4 rings (SSSR count). The van der Waals surface area contributed by atoms with Gasteiger partial charge in [-0.05, 0) is 94.5 Å². The Morgan fingerprint density at radius 3 is 2.36 bits per heavy atom. The molecule has 2 aliphatic heterocycles. The number of aryl methyl sites for hydroxylation is 1. The smallest absolute Gasteiger partial charge is 0.260 e. The zero-order chi connectivity index (χ0) is 25.3. The number of hydrogen-bond donors (Lipinski definition) is 1. The lowest BCUT2D eigenvalue weighted by molar-refractivity contribution is -0.135. The molecule has 3 fully saturated rings. The predicted molar refractivity (Wildman–Crippen MR) is 141 cm³/mol. The lowest BCUT2D eigenvalue weighted by atomic mass is 9.87. The van der Waals surface area contributed by atoms with Gasteiger partial charge in [0.2, 0.25) is 5.91 Å². The maximum atomic E-state index is 12.8. The first-order valence-electron chi connectivity index (χ1n) is 14.1. The Labute approximate surface area is 216 Å². The number of nitrogens with one attached hydrogen (secondary N) is 1. The second kappa shape index (κ2) is 13.3. The fourth-order valence-electron chi connectivity index (χ4n) is 5.94. The maximum absolute atomic E-state index is 12.8. The third-order valence-corrected chi connectivity index (χ3v) is 8.33. The number of benzene rings is 1. The monoisotopic (exact) mass is 499 g/mol. The highest BCUT2D eigenvalue weighted by Crippen LogP contribution is 2.29. The van der Waals surface area contributed by atoms with Gasteiger partial charge in [-0.25, -0.2) is 0 Å². The average Bonchev–Trinajstić information content (AvgIpc) is 2.92. The summed E-state index contributed by atoms with van der Waals surface area (Å²) in [5.74, 6) is 2.10. The van der Waals surface area contributed by atoms with Crippen molar-refractivity contribution in [2.75, 3.05) is 39.9 Å². The van der Waals surface area contributed by atoms with Gasteiger partial charge in [0.05, 0.1) is 7.11 Å². The predicted octanol–water partition coefficient (Wildman–Crippen LogP) is 4.18. The van der Waals surface area contributed by atoms with Crippen LogP contribution in [0.2, 0.25) is 0 Å². The molecule has 1 aromatic carbocycles. The molecule has 2 amide bonds. The van der Waals surface area contributed by atoms with Gasteiger partial charge in [0.15, 0.2) is 18.1 Å². The number of hydrogen-bond acceptors (Lipinski definition) is 5. The van der Waals surface area contributed by atoms with Crippen molar-refractivity contribution in [1.82, 2.24) is 15.1 Å². The molecule has 0 unspecified atom stereocenters. The van der Waals surface area contributed by atoms with Crippen LogP contribution < -0.4 is 14.8 Å². The Morgan fingerprint density at radius 1 is 0.944 bits per heavy atom. The molecular formula is C29H45N3O4. The highest BCUT2D eigenvalue weighted by Gasteiger charge is 2.28. The summed E-state index contributed by atoms with van der Waals surface area (Å²) in [6, 6.07) is 6.68. The van der Waals surface area contributed by atoms with Crippen LogP contribution in [0.5, 0.6) is 11.5 Å². The van der Waals surface area contributed by atoms with Gasteiger partial charge in [-0.3, -0.25) is 9.59 Å². The van der Waals surface area contributed by atoms with Crippen LogP contribution in [0.3, 0.4) is 0 Å². The average molecular weight is 500 g/mol. The van der Waals surface area contributed by atoms with Crippen molar-refractivity contribution >= 4 is 11.8 Å². The van der Waals surface area contributed by atoms with Crippen LogP contribution in [0.15, 0.2) is 18.2 Å². The summed E-state index contributed by atoms with van der Waals surface area (Å²) < 4.78 is 11.4. The van der Waals surface area contributed by atoms with E-state index in [2.05, 4.69) is 17.1 Å². The molecule has 1 aliphatic carbocycles. The van der Waals surface area contributed by atoms with Crippen molar-refractivity contribution in [2.45, 2.75) is 89.6 Å². The second-order valence-corrected chi connectivity index (χ2v) is 11.0. The third kappa shape index (κ3) is 7.61. The summed E-state index contributed by atoms with van der Waals surface area (Å²) in [7, 11) is 1.61. The molecule has 200 valence electrons. The molecule has 0 radical (unpaired) electrons. The van der Waals surface area contributed by atoms with E-state index in [-0.39, 0.29) is 18.4 Å². The van der Waals surface area contributed by atoms with Gasteiger partial charge >= 0.3 is 0 Å². The van der Waals surface area contributed by atoms with Crippen molar-refractivity contribution in [3.8, 4) is 11.5 Å². The highest BCUT2D eigenvalue weighted by molar-refractivity contribution is 5.78. The van der Waals surface area contributed by atoms with Crippen LogP contribution in [0.1, 0.15) is 76.7 Å². The number of amides is 2. The molecule has 7 nitrogen and oxygen atoms in total. The van der Waals surface area contributed by atoms with E-state index in [1.54, 1.807) is 7.11 Å². The lowest BCUT2D eigenvalue weighted by Crippen LogP contribution is -2.49. The minimum Gasteiger partial charge on any atom is -0.493 e. The van der Waals surface area contributed by atoms with Crippen LogP contribution in [-0.2, 0) is 16.0 Å². The van der Waals surface area contributed by atoms with Gasteiger partial charge < -0.3 is 24.6 Å². The summed E-state index contributed by atoms with van der Waals surface area (Å²) in [6.07, 6.45) is 11.7. The van der Waals surface area contributed by atoms with Gasteiger partial charge in [-0.2, -0.15) is 0 Å². The van der Waals surface area contributed by atoms with Gasteiger partial charge in [0, 0.05) is 31.6 Å². The number of ether oxygens (including phenoxy) is 2. The van der Waals surface area contributed by atoms with E-state index in [1.807, 2.05) is 23.1 Å². The summed E-state index contributed by atoms with van der Waals surface area (Å²) in [5, 5.41) is 3.20. The Hall–Kier alpha value is -2.28. The number of methoxy groups -OCH3 is 1. The van der Waals surface area contributed by atoms with Crippen molar-refractivity contribution in [3.05, 3.63) is 23.8 Å². The fraction of sp³-hybridized carbons (Fsp3) is 0.724. The van der Waals surface area contributed by atoms with Gasteiger partial charge in [-0.1, -0.05) is 19.4 Å². The summed E-state index contributed by atoms with van der Waals surface area (Å²) in [4.78, 5) is 29.8. The fourth-order valence-corrected chi connectivity index (χ4v) is 5.94. The molecule has 1 aromatic rings. The van der Waals surface area contributed by atoms with E-state index in [9.17, 15) is 9.59 Å². The number of rotatable bonds is 9. The first-order valence-corrected chi connectivity index (χ1v) is 14.1. The Bertz CT molecular complexity index is 854. The van der Waals surface area contributed by atoms with Gasteiger partial charge in [0.25, 0.3) is 5.91 Å². The van der Waals surface area contributed by atoms with Crippen LogP contribution in [0, 0.1) is 5.92 Å². The van der Waals surface area contributed by atoms with Gasteiger partial charge in [-0.15, -0.1) is 0 Å². The Kier molecular flexibility index (Phi) is 9.90. The quantitative estimate of drug-likeness (QED) is 0.552. The number of likely N-dealkylation sites (tertiary alicyclic amines) is 2. The molecule has 7 heteroatoms. The van der Waals surface area contributed by atoms with E-state index < -0.39 is 0 Å². The zero-order valence-corrected chi connectivity index (χ0v) is 22.3. The second-order valence-electron chi connectivity index (χ2n) is 11.0.